The van der Waals surface area contributed by atoms with Crippen LogP contribution in [0, 0.1) is 6.92 Å². The van der Waals surface area contributed by atoms with Gasteiger partial charge in [0.25, 0.3) is 0 Å². The number of aryl methyl sites for hydroxylation is 1. The fourth-order valence-corrected chi connectivity index (χ4v) is 1.15. The summed E-state index contributed by atoms with van der Waals surface area (Å²) in [5, 5.41) is 0. The smallest absolute Gasteiger partial charge is 0.0906 e. The maximum atomic E-state index is 5.24. The highest BCUT2D eigenvalue weighted by atomic mass is 16.5. The molecule has 0 saturated carbocycles. The van der Waals surface area contributed by atoms with Crippen molar-refractivity contribution in [2.75, 3.05) is 6.61 Å². The maximum Gasteiger partial charge on any atom is 0.0906 e. The number of ether oxygens (including phenoxy) is 1. The SMILES string of the molecule is C=C/C(=C/OCC)c1ccc(C)cc1. The minimum absolute atomic E-state index is 0.684. The van der Waals surface area contributed by atoms with Gasteiger partial charge in [-0.1, -0.05) is 42.5 Å². The molecule has 0 aromatic heterocycles. The van der Waals surface area contributed by atoms with Gasteiger partial charge < -0.3 is 4.74 Å². The third-order valence-electron chi connectivity index (χ3n) is 1.98. The van der Waals surface area contributed by atoms with E-state index in [1.807, 2.05) is 6.92 Å². The molecule has 0 amide bonds. The van der Waals surface area contributed by atoms with Gasteiger partial charge in [0.05, 0.1) is 12.9 Å². The zero-order chi connectivity index (χ0) is 10.4. The first-order valence-electron chi connectivity index (χ1n) is 4.79. The fourth-order valence-electron chi connectivity index (χ4n) is 1.15. The van der Waals surface area contributed by atoms with Gasteiger partial charge in [-0.3, -0.25) is 0 Å². The highest BCUT2D eigenvalue weighted by Gasteiger charge is 1.96. The monoisotopic (exact) mass is 188 g/mol. The Bertz CT molecular complexity index is 320. The lowest BCUT2D eigenvalue weighted by Gasteiger charge is -2.03. The molecule has 1 aromatic carbocycles. The van der Waals surface area contributed by atoms with Crippen molar-refractivity contribution in [3.8, 4) is 0 Å². The Kier molecular flexibility index (Phi) is 3.99. The Morgan fingerprint density at radius 1 is 1.36 bits per heavy atom. The predicted molar refractivity (Wildman–Crippen MR) is 61.0 cm³/mol. The molecule has 0 heterocycles. The molecule has 0 N–H and O–H groups in total. The summed E-state index contributed by atoms with van der Waals surface area (Å²) < 4.78 is 5.24. The van der Waals surface area contributed by atoms with Gasteiger partial charge in [-0.15, -0.1) is 0 Å². The molecular formula is C13H16O. The van der Waals surface area contributed by atoms with Crippen LogP contribution >= 0.6 is 0 Å². The zero-order valence-electron chi connectivity index (χ0n) is 8.79. The van der Waals surface area contributed by atoms with Crippen LogP contribution in [0.25, 0.3) is 5.57 Å². The van der Waals surface area contributed by atoms with Crippen molar-refractivity contribution < 1.29 is 4.74 Å². The third kappa shape index (κ3) is 2.77. The Hall–Kier alpha value is -1.50. The van der Waals surface area contributed by atoms with Gasteiger partial charge in [0.2, 0.25) is 0 Å². The van der Waals surface area contributed by atoms with E-state index in [4.69, 9.17) is 4.74 Å². The van der Waals surface area contributed by atoms with Gasteiger partial charge >= 0.3 is 0 Å². The lowest BCUT2D eigenvalue weighted by Crippen LogP contribution is -1.84. The lowest BCUT2D eigenvalue weighted by atomic mass is 10.1. The van der Waals surface area contributed by atoms with Gasteiger partial charge in [0, 0.05) is 5.57 Å². The Labute approximate surface area is 85.7 Å². The summed E-state index contributed by atoms with van der Waals surface area (Å²) in [7, 11) is 0. The number of hydrogen-bond acceptors (Lipinski definition) is 1. The first-order valence-corrected chi connectivity index (χ1v) is 4.79. The highest BCUT2D eigenvalue weighted by molar-refractivity contribution is 5.72. The van der Waals surface area contributed by atoms with Crippen molar-refractivity contribution in [2.24, 2.45) is 0 Å². The van der Waals surface area contributed by atoms with E-state index in [9.17, 15) is 0 Å². The Morgan fingerprint density at radius 2 is 2.00 bits per heavy atom. The largest absolute Gasteiger partial charge is 0.501 e. The number of hydrogen-bond donors (Lipinski definition) is 0. The van der Waals surface area contributed by atoms with E-state index in [1.165, 1.54) is 5.56 Å². The lowest BCUT2D eigenvalue weighted by molar-refractivity contribution is 0.271. The van der Waals surface area contributed by atoms with Crippen LogP contribution in [-0.2, 0) is 4.74 Å². The van der Waals surface area contributed by atoms with Crippen LogP contribution in [0.2, 0.25) is 0 Å². The van der Waals surface area contributed by atoms with Crippen LogP contribution in [0.1, 0.15) is 18.1 Å². The average Bonchev–Trinajstić information content (AvgIpc) is 2.21. The van der Waals surface area contributed by atoms with Crippen LogP contribution in [0.4, 0.5) is 0 Å². The van der Waals surface area contributed by atoms with E-state index in [0.29, 0.717) is 6.61 Å². The van der Waals surface area contributed by atoms with Gasteiger partial charge in [0.1, 0.15) is 0 Å². The molecule has 0 spiro atoms. The molecule has 1 nitrogen and oxygen atoms in total. The van der Waals surface area contributed by atoms with Crippen LogP contribution in [0.3, 0.4) is 0 Å². The van der Waals surface area contributed by atoms with Crippen LogP contribution < -0.4 is 0 Å². The zero-order valence-corrected chi connectivity index (χ0v) is 8.79. The minimum atomic E-state index is 0.684. The van der Waals surface area contributed by atoms with Crippen molar-refractivity contribution >= 4 is 5.57 Å². The Morgan fingerprint density at radius 3 is 2.50 bits per heavy atom. The molecule has 0 atom stereocenters. The first kappa shape index (κ1) is 10.6. The standard InChI is InChI=1S/C13H16O/c1-4-12(10-14-5-2)13-8-6-11(3)7-9-13/h4,6-10H,1,5H2,2-3H3/b12-10-. The molecule has 1 aromatic rings. The maximum absolute atomic E-state index is 5.24. The summed E-state index contributed by atoms with van der Waals surface area (Å²) in [6.45, 7) is 8.49. The predicted octanol–water partition coefficient (Wildman–Crippen LogP) is 3.56. The highest BCUT2D eigenvalue weighted by Crippen LogP contribution is 2.15. The van der Waals surface area contributed by atoms with E-state index < -0.39 is 0 Å². The number of rotatable bonds is 4. The van der Waals surface area contributed by atoms with Crippen LogP contribution in [0.5, 0.6) is 0 Å². The van der Waals surface area contributed by atoms with Crippen molar-refractivity contribution in [2.45, 2.75) is 13.8 Å². The third-order valence-corrected chi connectivity index (χ3v) is 1.98. The quantitative estimate of drug-likeness (QED) is 0.518. The summed E-state index contributed by atoms with van der Waals surface area (Å²) in [5.74, 6) is 0. The topological polar surface area (TPSA) is 9.23 Å². The summed E-state index contributed by atoms with van der Waals surface area (Å²) in [6, 6.07) is 8.31. The van der Waals surface area contributed by atoms with Gasteiger partial charge in [-0.25, -0.2) is 0 Å². The van der Waals surface area contributed by atoms with Crippen molar-refractivity contribution in [3.63, 3.8) is 0 Å². The molecule has 0 aliphatic heterocycles. The molecular weight excluding hydrogens is 172 g/mol. The van der Waals surface area contributed by atoms with E-state index >= 15 is 0 Å². The summed E-state index contributed by atoms with van der Waals surface area (Å²) in [6.07, 6.45) is 3.55. The van der Waals surface area contributed by atoms with Crippen LogP contribution in [-0.4, -0.2) is 6.61 Å². The van der Waals surface area contributed by atoms with Crippen molar-refractivity contribution in [1.29, 1.82) is 0 Å². The van der Waals surface area contributed by atoms with E-state index in [0.717, 1.165) is 11.1 Å². The molecule has 0 fully saturated rings. The second kappa shape index (κ2) is 5.28. The fraction of sp³-hybridized carbons (Fsp3) is 0.231. The van der Waals surface area contributed by atoms with Gasteiger partial charge in [0.15, 0.2) is 0 Å². The number of allylic oxidation sites excluding steroid dienone is 2. The van der Waals surface area contributed by atoms with Crippen molar-refractivity contribution in [3.05, 3.63) is 54.3 Å². The molecule has 0 bridgehead atoms. The van der Waals surface area contributed by atoms with Crippen molar-refractivity contribution in [1.82, 2.24) is 0 Å². The summed E-state index contributed by atoms with van der Waals surface area (Å²) in [4.78, 5) is 0. The summed E-state index contributed by atoms with van der Waals surface area (Å²) in [5.41, 5.74) is 3.42. The molecule has 74 valence electrons. The second-order valence-electron chi connectivity index (χ2n) is 3.10. The molecule has 0 saturated heterocycles. The molecule has 0 radical (unpaired) electrons. The van der Waals surface area contributed by atoms with E-state index in [2.05, 4.69) is 37.8 Å². The molecule has 0 aliphatic rings. The van der Waals surface area contributed by atoms with Gasteiger partial charge in [-0.2, -0.15) is 0 Å². The normalized spacial score (nSPS) is 11.1. The van der Waals surface area contributed by atoms with Crippen LogP contribution in [0.15, 0.2) is 43.2 Å². The second-order valence-corrected chi connectivity index (χ2v) is 3.10. The average molecular weight is 188 g/mol. The number of benzene rings is 1. The van der Waals surface area contributed by atoms with E-state index in [1.54, 1.807) is 12.3 Å². The molecule has 1 heteroatoms. The molecule has 0 aliphatic carbocycles. The first-order chi connectivity index (χ1) is 6.77. The molecule has 1 rings (SSSR count). The summed E-state index contributed by atoms with van der Waals surface area (Å²) >= 11 is 0. The molecule has 0 unspecified atom stereocenters. The van der Waals surface area contributed by atoms with Gasteiger partial charge in [-0.05, 0) is 19.4 Å². The molecule has 14 heavy (non-hydrogen) atoms. The van der Waals surface area contributed by atoms with E-state index in [-0.39, 0.29) is 0 Å². The Balaban J connectivity index is 2.89. The minimum Gasteiger partial charge on any atom is -0.501 e.